The molecule has 0 aliphatic heterocycles. The highest BCUT2D eigenvalue weighted by Gasteiger charge is 2.21. The summed E-state index contributed by atoms with van der Waals surface area (Å²) < 4.78 is 0. The van der Waals surface area contributed by atoms with Crippen molar-refractivity contribution in [1.29, 1.82) is 0 Å². The molecule has 0 bridgehead atoms. The molecule has 1 aliphatic rings. The van der Waals surface area contributed by atoms with Crippen LogP contribution in [0.3, 0.4) is 0 Å². The van der Waals surface area contributed by atoms with Crippen molar-refractivity contribution in [3.8, 4) is 0 Å². The SMILES string of the molecule is CC(NC(=O)c1ccc2c(C3CCC3)cccc2c1)c1cccc(N(C)C)n1. The van der Waals surface area contributed by atoms with Crippen LogP contribution in [0, 0.1) is 0 Å². The maximum Gasteiger partial charge on any atom is 0.251 e. The zero-order valence-electron chi connectivity index (χ0n) is 16.8. The van der Waals surface area contributed by atoms with Crippen molar-refractivity contribution in [3.05, 3.63) is 71.4 Å². The number of fused-ring (bicyclic) bond motifs is 1. The summed E-state index contributed by atoms with van der Waals surface area (Å²) in [4.78, 5) is 19.4. The van der Waals surface area contributed by atoms with Crippen molar-refractivity contribution >= 4 is 22.5 Å². The molecule has 1 unspecified atom stereocenters. The van der Waals surface area contributed by atoms with Crippen LogP contribution in [-0.2, 0) is 0 Å². The largest absolute Gasteiger partial charge is 0.363 e. The van der Waals surface area contributed by atoms with Gasteiger partial charge in [-0.3, -0.25) is 4.79 Å². The Morgan fingerprint density at radius 3 is 2.61 bits per heavy atom. The molecule has 1 aliphatic carbocycles. The number of nitrogens with zero attached hydrogens (tertiary/aromatic N) is 2. The van der Waals surface area contributed by atoms with E-state index in [0.717, 1.165) is 16.9 Å². The highest BCUT2D eigenvalue weighted by Crippen LogP contribution is 2.39. The molecule has 0 saturated heterocycles. The average molecular weight is 374 g/mol. The van der Waals surface area contributed by atoms with Crippen LogP contribution in [0.2, 0.25) is 0 Å². The number of carbonyl (C=O) groups excluding carboxylic acids is 1. The molecule has 1 saturated carbocycles. The lowest BCUT2D eigenvalue weighted by atomic mass is 9.78. The van der Waals surface area contributed by atoms with Gasteiger partial charge < -0.3 is 10.2 Å². The van der Waals surface area contributed by atoms with Gasteiger partial charge in [-0.15, -0.1) is 0 Å². The zero-order chi connectivity index (χ0) is 19.7. The van der Waals surface area contributed by atoms with Gasteiger partial charge in [-0.25, -0.2) is 4.98 Å². The maximum atomic E-state index is 12.8. The molecule has 1 amide bonds. The Kier molecular flexibility index (Phi) is 5.03. The van der Waals surface area contributed by atoms with E-state index in [4.69, 9.17) is 0 Å². The standard InChI is InChI=1S/C24H27N3O/c1-16(22-11-6-12-23(26-22)27(2)3)25-24(28)19-13-14-21-18(15-19)9-5-10-20(21)17-7-4-8-17/h5-6,9-17H,4,7-8H2,1-3H3,(H,25,28). The first kappa shape index (κ1) is 18.5. The lowest BCUT2D eigenvalue weighted by molar-refractivity contribution is 0.0939. The number of hydrogen-bond acceptors (Lipinski definition) is 3. The Morgan fingerprint density at radius 1 is 1.11 bits per heavy atom. The van der Waals surface area contributed by atoms with E-state index in [1.165, 1.54) is 30.2 Å². The first-order chi connectivity index (χ1) is 13.5. The number of hydrogen-bond donors (Lipinski definition) is 1. The lowest BCUT2D eigenvalue weighted by Gasteiger charge is -2.27. The molecule has 4 heteroatoms. The van der Waals surface area contributed by atoms with E-state index in [2.05, 4.69) is 34.6 Å². The molecule has 144 valence electrons. The molecule has 1 fully saturated rings. The molecule has 1 N–H and O–H groups in total. The first-order valence-electron chi connectivity index (χ1n) is 10.0. The van der Waals surface area contributed by atoms with Crippen molar-refractivity contribution in [2.75, 3.05) is 19.0 Å². The molecule has 3 aromatic rings. The normalized spacial score (nSPS) is 15.1. The Bertz CT molecular complexity index is 1010. The van der Waals surface area contributed by atoms with Crippen LogP contribution in [0.5, 0.6) is 0 Å². The molecule has 4 nitrogen and oxygen atoms in total. The Hall–Kier alpha value is -2.88. The van der Waals surface area contributed by atoms with Crippen LogP contribution in [-0.4, -0.2) is 25.0 Å². The van der Waals surface area contributed by atoms with Crippen molar-refractivity contribution in [3.63, 3.8) is 0 Å². The van der Waals surface area contributed by atoms with E-state index in [1.807, 2.05) is 56.3 Å². The van der Waals surface area contributed by atoms with Crippen molar-refractivity contribution in [2.45, 2.75) is 38.1 Å². The van der Waals surface area contributed by atoms with E-state index in [0.29, 0.717) is 11.5 Å². The quantitative estimate of drug-likeness (QED) is 0.680. The smallest absolute Gasteiger partial charge is 0.251 e. The number of pyridine rings is 1. The van der Waals surface area contributed by atoms with Gasteiger partial charge in [0.1, 0.15) is 5.82 Å². The Morgan fingerprint density at radius 2 is 1.89 bits per heavy atom. The lowest BCUT2D eigenvalue weighted by Crippen LogP contribution is -2.27. The molecule has 1 atom stereocenters. The highest BCUT2D eigenvalue weighted by atomic mass is 16.1. The molecule has 4 rings (SSSR count). The third kappa shape index (κ3) is 3.59. The summed E-state index contributed by atoms with van der Waals surface area (Å²) in [7, 11) is 3.92. The molecule has 2 aromatic carbocycles. The fourth-order valence-electron chi connectivity index (χ4n) is 3.81. The van der Waals surface area contributed by atoms with Gasteiger partial charge in [-0.1, -0.05) is 36.8 Å². The van der Waals surface area contributed by atoms with Crippen molar-refractivity contribution in [1.82, 2.24) is 10.3 Å². The summed E-state index contributed by atoms with van der Waals surface area (Å²) in [6, 6.07) is 18.2. The molecule has 0 radical (unpaired) electrons. The molecule has 1 heterocycles. The summed E-state index contributed by atoms with van der Waals surface area (Å²) in [5, 5.41) is 5.49. The number of rotatable bonds is 5. The number of aromatic nitrogens is 1. The van der Waals surface area contributed by atoms with Gasteiger partial charge >= 0.3 is 0 Å². The third-order valence-corrected chi connectivity index (χ3v) is 5.73. The second-order valence-corrected chi connectivity index (χ2v) is 7.92. The van der Waals surface area contributed by atoms with Crippen LogP contribution in [0.1, 0.15) is 59.8 Å². The summed E-state index contributed by atoms with van der Waals surface area (Å²) >= 11 is 0. The second kappa shape index (κ2) is 7.63. The van der Waals surface area contributed by atoms with Crippen molar-refractivity contribution in [2.24, 2.45) is 0 Å². The molecule has 1 aromatic heterocycles. The number of carbonyl (C=O) groups is 1. The van der Waals surface area contributed by atoms with Crippen LogP contribution in [0.25, 0.3) is 10.8 Å². The zero-order valence-corrected chi connectivity index (χ0v) is 16.8. The minimum atomic E-state index is -0.163. The van der Waals surface area contributed by atoms with Crippen molar-refractivity contribution < 1.29 is 4.79 Å². The predicted octanol–water partition coefficient (Wildman–Crippen LogP) is 5.06. The summed E-state index contributed by atoms with van der Waals surface area (Å²) in [5.41, 5.74) is 2.97. The maximum absolute atomic E-state index is 12.8. The van der Waals surface area contributed by atoms with Gasteiger partial charge in [0.05, 0.1) is 11.7 Å². The van der Waals surface area contributed by atoms with Crippen LogP contribution >= 0.6 is 0 Å². The summed E-state index contributed by atoms with van der Waals surface area (Å²) in [5.74, 6) is 1.49. The topological polar surface area (TPSA) is 45.2 Å². The van der Waals surface area contributed by atoms with Crippen LogP contribution in [0.15, 0.2) is 54.6 Å². The van der Waals surface area contributed by atoms with E-state index in [-0.39, 0.29) is 11.9 Å². The molecule has 0 spiro atoms. The molecular weight excluding hydrogens is 346 g/mol. The fourth-order valence-corrected chi connectivity index (χ4v) is 3.81. The fraction of sp³-hybridized carbons (Fsp3) is 0.333. The number of nitrogens with one attached hydrogen (secondary N) is 1. The number of anilines is 1. The van der Waals surface area contributed by atoms with Gasteiger partial charge in [-0.05, 0) is 66.3 Å². The third-order valence-electron chi connectivity index (χ3n) is 5.73. The van der Waals surface area contributed by atoms with Gasteiger partial charge in [0, 0.05) is 19.7 Å². The average Bonchev–Trinajstić information content (AvgIpc) is 2.66. The van der Waals surface area contributed by atoms with Gasteiger partial charge in [0.15, 0.2) is 0 Å². The van der Waals surface area contributed by atoms with E-state index in [1.54, 1.807) is 0 Å². The minimum absolute atomic E-state index is 0.0690. The first-order valence-corrected chi connectivity index (χ1v) is 10.0. The van der Waals surface area contributed by atoms with Crippen LogP contribution in [0.4, 0.5) is 5.82 Å². The summed E-state index contributed by atoms with van der Waals surface area (Å²) in [6.45, 7) is 1.97. The Labute approximate surface area is 166 Å². The van der Waals surface area contributed by atoms with Crippen LogP contribution < -0.4 is 10.2 Å². The van der Waals surface area contributed by atoms with Gasteiger partial charge in [-0.2, -0.15) is 0 Å². The monoisotopic (exact) mass is 373 g/mol. The Balaban J connectivity index is 1.54. The van der Waals surface area contributed by atoms with E-state index in [9.17, 15) is 4.79 Å². The predicted molar refractivity (Wildman–Crippen MR) is 115 cm³/mol. The molecule has 28 heavy (non-hydrogen) atoms. The van der Waals surface area contributed by atoms with Gasteiger partial charge in [0.25, 0.3) is 5.91 Å². The second-order valence-electron chi connectivity index (χ2n) is 7.92. The minimum Gasteiger partial charge on any atom is -0.363 e. The highest BCUT2D eigenvalue weighted by molar-refractivity contribution is 5.99. The number of amides is 1. The summed E-state index contributed by atoms with van der Waals surface area (Å²) in [6.07, 6.45) is 3.87. The molecular formula is C24H27N3O. The van der Waals surface area contributed by atoms with E-state index < -0.39 is 0 Å². The number of benzene rings is 2. The van der Waals surface area contributed by atoms with Gasteiger partial charge in [0.2, 0.25) is 0 Å². The van der Waals surface area contributed by atoms with E-state index >= 15 is 0 Å².